The zero-order valence-corrected chi connectivity index (χ0v) is 9.86. The SMILES string of the molecule is COc1ccc2c(c1)[nH]c1cccc(C(N)=O)c12. The van der Waals surface area contributed by atoms with Crippen molar-refractivity contribution < 1.29 is 9.53 Å². The first kappa shape index (κ1) is 10.7. The Morgan fingerprint density at radius 2 is 2.06 bits per heavy atom. The van der Waals surface area contributed by atoms with Crippen molar-refractivity contribution in [2.75, 3.05) is 7.11 Å². The number of carbonyl (C=O) groups is 1. The van der Waals surface area contributed by atoms with Crippen molar-refractivity contribution in [3.63, 3.8) is 0 Å². The number of fused-ring (bicyclic) bond motifs is 3. The highest BCUT2D eigenvalue weighted by Crippen LogP contribution is 2.30. The lowest BCUT2D eigenvalue weighted by Crippen LogP contribution is -2.10. The third-order valence-electron chi connectivity index (χ3n) is 3.10. The van der Waals surface area contributed by atoms with Crippen molar-refractivity contribution in [3.8, 4) is 5.75 Å². The second-order valence-electron chi connectivity index (χ2n) is 4.13. The van der Waals surface area contributed by atoms with Gasteiger partial charge in [-0.15, -0.1) is 0 Å². The average Bonchev–Trinajstić information content (AvgIpc) is 2.75. The molecule has 1 heterocycles. The highest BCUT2D eigenvalue weighted by atomic mass is 16.5. The van der Waals surface area contributed by atoms with E-state index >= 15 is 0 Å². The molecule has 0 aliphatic rings. The maximum atomic E-state index is 11.5. The minimum atomic E-state index is -0.419. The first-order valence-corrected chi connectivity index (χ1v) is 5.59. The molecule has 1 aromatic heterocycles. The Morgan fingerprint density at radius 3 is 2.78 bits per heavy atom. The standard InChI is InChI=1S/C14H12N2O2/c1-18-8-5-6-9-12(7-8)16-11-4-2-3-10(13(9)11)14(15)17/h2-7,16H,1H3,(H2,15,17). The van der Waals surface area contributed by atoms with E-state index in [0.717, 1.165) is 27.6 Å². The molecular weight excluding hydrogens is 228 g/mol. The molecule has 3 N–H and O–H groups in total. The normalized spacial score (nSPS) is 10.9. The molecular formula is C14H12N2O2. The molecule has 4 heteroatoms. The topological polar surface area (TPSA) is 68.1 Å². The molecule has 3 aromatic rings. The van der Waals surface area contributed by atoms with E-state index in [2.05, 4.69) is 4.98 Å². The van der Waals surface area contributed by atoms with Crippen LogP contribution in [-0.2, 0) is 0 Å². The predicted molar refractivity (Wildman–Crippen MR) is 70.9 cm³/mol. The highest BCUT2D eigenvalue weighted by molar-refractivity contribution is 6.17. The molecule has 90 valence electrons. The van der Waals surface area contributed by atoms with Crippen LogP contribution in [0.1, 0.15) is 10.4 Å². The van der Waals surface area contributed by atoms with Crippen LogP contribution in [0.25, 0.3) is 21.8 Å². The highest BCUT2D eigenvalue weighted by Gasteiger charge is 2.12. The summed E-state index contributed by atoms with van der Waals surface area (Å²) in [6.45, 7) is 0. The van der Waals surface area contributed by atoms with Crippen LogP contribution in [-0.4, -0.2) is 18.0 Å². The quantitative estimate of drug-likeness (QED) is 0.722. The third kappa shape index (κ3) is 1.43. The van der Waals surface area contributed by atoms with Crippen molar-refractivity contribution in [2.24, 2.45) is 5.73 Å². The fourth-order valence-corrected chi connectivity index (χ4v) is 2.27. The van der Waals surface area contributed by atoms with Crippen LogP contribution >= 0.6 is 0 Å². The van der Waals surface area contributed by atoms with Crippen LogP contribution in [0.3, 0.4) is 0 Å². The van der Waals surface area contributed by atoms with Crippen LogP contribution in [0.15, 0.2) is 36.4 Å². The molecule has 1 amide bonds. The number of rotatable bonds is 2. The number of carbonyl (C=O) groups excluding carboxylic acids is 1. The zero-order chi connectivity index (χ0) is 12.7. The van der Waals surface area contributed by atoms with Crippen LogP contribution in [0, 0.1) is 0 Å². The van der Waals surface area contributed by atoms with Gasteiger partial charge in [-0.2, -0.15) is 0 Å². The average molecular weight is 240 g/mol. The number of nitrogens with two attached hydrogens (primary N) is 1. The number of hydrogen-bond donors (Lipinski definition) is 2. The Hall–Kier alpha value is -2.49. The molecule has 0 radical (unpaired) electrons. The van der Waals surface area contributed by atoms with Gasteiger partial charge >= 0.3 is 0 Å². The minimum absolute atomic E-state index is 0.419. The van der Waals surface area contributed by atoms with Gasteiger partial charge in [-0.05, 0) is 24.3 Å². The number of ether oxygens (including phenoxy) is 1. The molecule has 4 nitrogen and oxygen atoms in total. The number of nitrogens with one attached hydrogen (secondary N) is 1. The summed E-state index contributed by atoms with van der Waals surface area (Å²) in [4.78, 5) is 14.7. The van der Waals surface area contributed by atoms with Crippen LogP contribution in [0.4, 0.5) is 0 Å². The molecule has 0 fully saturated rings. The zero-order valence-electron chi connectivity index (χ0n) is 9.86. The van der Waals surface area contributed by atoms with Gasteiger partial charge in [-0.3, -0.25) is 4.79 Å². The van der Waals surface area contributed by atoms with Gasteiger partial charge in [-0.1, -0.05) is 6.07 Å². The summed E-state index contributed by atoms with van der Waals surface area (Å²) in [6, 6.07) is 11.2. The van der Waals surface area contributed by atoms with Crippen LogP contribution in [0.2, 0.25) is 0 Å². The van der Waals surface area contributed by atoms with Gasteiger partial charge in [0.25, 0.3) is 0 Å². The lowest BCUT2D eigenvalue weighted by atomic mass is 10.1. The summed E-state index contributed by atoms with van der Waals surface area (Å²) < 4.78 is 5.18. The number of amides is 1. The van der Waals surface area contributed by atoms with Gasteiger partial charge in [0, 0.05) is 27.9 Å². The Kier molecular flexibility index (Phi) is 2.23. The van der Waals surface area contributed by atoms with Crippen molar-refractivity contribution >= 4 is 27.7 Å². The lowest BCUT2D eigenvalue weighted by Gasteiger charge is -2.00. The number of aromatic amines is 1. The molecule has 0 spiro atoms. The third-order valence-corrected chi connectivity index (χ3v) is 3.10. The molecule has 0 bridgehead atoms. The second-order valence-corrected chi connectivity index (χ2v) is 4.13. The van der Waals surface area contributed by atoms with E-state index in [-0.39, 0.29) is 0 Å². The number of hydrogen-bond acceptors (Lipinski definition) is 2. The molecule has 0 aliphatic carbocycles. The Balaban J connectivity index is 2.45. The van der Waals surface area contributed by atoms with E-state index in [1.165, 1.54) is 0 Å². The number of methoxy groups -OCH3 is 1. The molecule has 0 saturated carbocycles. The van der Waals surface area contributed by atoms with E-state index in [4.69, 9.17) is 10.5 Å². The van der Waals surface area contributed by atoms with Gasteiger partial charge in [0.2, 0.25) is 5.91 Å². The number of primary amides is 1. The Morgan fingerprint density at radius 1 is 1.22 bits per heavy atom. The number of benzene rings is 2. The van der Waals surface area contributed by atoms with Gasteiger partial charge in [-0.25, -0.2) is 0 Å². The number of H-pyrrole nitrogens is 1. The van der Waals surface area contributed by atoms with E-state index in [1.807, 2.05) is 30.3 Å². The monoisotopic (exact) mass is 240 g/mol. The molecule has 0 aliphatic heterocycles. The fraction of sp³-hybridized carbons (Fsp3) is 0.0714. The van der Waals surface area contributed by atoms with Crippen molar-refractivity contribution in [1.82, 2.24) is 4.98 Å². The maximum Gasteiger partial charge on any atom is 0.249 e. The molecule has 3 rings (SSSR count). The molecule has 18 heavy (non-hydrogen) atoms. The lowest BCUT2D eigenvalue weighted by molar-refractivity contribution is 0.100. The van der Waals surface area contributed by atoms with Crippen LogP contribution < -0.4 is 10.5 Å². The van der Waals surface area contributed by atoms with Crippen molar-refractivity contribution in [3.05, 3.63) is 42.0 Å². The Bertz CT molecular complexity index is 759. The van der Waals surface area contributed by atoms with Crippen LogP contribution in [0.5, 0.6) is 5.75 Å². The van der Waals surface area contributed by atoms with Gasteiger partial charge in [0.1, 0.15) is 5.75 Å². The molecule has 0 atom stereocenters. The van der Waals surface area contributed by atoms with Gasteiger partial charge < -0.3 is 15.5 Å². The van der Waals surface area contributed by atoms with Gasteiger partial charge in [0.15, 0.2) is 0 Å². The first-order valence-electron chi connectivity index (χ1n) is 5.59. The largest absolute Gasteiger partial charge is 0.497 e. The molecule has 2 aromatic carbocycles. The number of aromatic nitrogens is 1. The van der Waals surface area contributed by atoms with E-state index in [0.29, 0.717) is 5.56 Å². The second kappa shape index (κ2) is 3.77. The van der Waals surface area contributed by atoms with E-state index in [1.54, 1.807) is 13.2 Å². The van der Waals surface area contributed by atoms with Crippen molar-refractivity contribution in [1.29, 1.82) is 0 Å². The smallest absolute Gasteiger partial charge is 0.249 e. The predicted octanol–water partition coefficient (Wildman–Crippen LogP) is 2.43. The summed E-state index contributed by atoms with van der Waals surface area (Å²) in [6.07, 6.45) is 0. The summed E-state index contributed by atoms with van der Waals surface area (Å²) in [5.41, 5.74) is 7.77. The van der Waals surface area contributed by atoms with E-state index < -0.39 is 5.91 Å². The van der Waals surface area contributed by atoms with Gasteiger partial charge in [0.05, 0.1) is 12.6 Å². The van der Waals surface area contributed by atoms with E-state index in [9.17, 15) is 4.79 Å². The summed E-state index contributed by atoms with van der Waals surface area (Å²) in [5.74, 6) is 0.354. The fourth-order valence-electron chi connectivity index (χ4n) is 2.27. The maximum absolute atomic E-state index is 11.5. The summed E-state index contributed by atoms with van der Waals surface area (Å²) in [7, 11) is 1.62. The summed E-state index contributed by atoms with van der Waals surface area (Å²) >= 11 is 0. The Labute approximate surface area is 103 Å². The molecule has 0 unspecified atom stereocenters. The first-order chi connectivity index (χ1) is 8.70. The molecule has 0 saturated heterocycles. The minimum Gasteiger partial charge on any atom is -0.497 e. The van der Waals surface area contributed by atoms with Crippen molar-refractivity contribution in [2.45, 2.75) is 0 Å². The summed E-state index contributed by atoms with van der Waals surface area (Å²) in [5, 5.41) is 1.84.